The number of rotatable bonds is 8. The van der Waals surface area contributed by atoms with Gasteiger partial charge in [-0.15, -0.1) is 11.3 Å². The molecule has 5 nitrogen and oxygen atoms in total. The van der Waals surface area contributed by atoms with Gasteiger partial charge in [0.2, 0.25) is 10.0 Å². The maximum atomic E-state index is 12.2. The van der Waals surface area contributed by atoms with Gasteiger partial charge in [-0.25, -0.2) is 13.1 Å². The lowest BCUT2D eigenvalue weighted by Gasteiger charge is -2.24. The molecule has 21 heavy (non-hydrogen) atoms. The monoisotopic (exact) mass is 333 g/mol. The Kier molecular flexibility index (Phi) is 6.37. The predicted octanol–water partition coefficient (Wildman–Crippen LogP) is 2.58. The smallest absolute Gasteiger partial charge is 0.308 e. The van der Waals surface area contributed by atoms with Gasteiger partial charge in [0, 0.05) is 11.4 Å². The Bertz CT molecular complexity index is 568. The molecule has 0 atom stereocenters. The van der Waals surface area contributed by atoms with Gasteiger partial charge < -0.3 is 5.11 Å². The van der Waals surface area contributed by atoms with Crippen LogP contribution in [0.5, 0.6) is 0 Å². The Morgan fingerprint density at radius 2 is 1.81 bits per heavy atom. The number of hydrogen-bond donors (Lipinski definition) is 2. The van der Waals surface area contributed by atoms with Gasteiger partial charge in [-0.1, -0.05) is 27.7 Å². The standard InChI is InChI=1S/C14H23NO4S2/c1-9(2)12(10(3)4)8-15-21(18,19)14-6-5-11(20-14)7-13(16)17/h5-6,9-10,12,15H,7-8H2,1-4H3,(H,16,17). The molecule has 0 amide bonds. The second-order valence-corrected chi connectivity index (χ2v) is 8.96. The summed E-state index contributed by atoms with van der Waals surface area (Å²) in [5.41, 5.74) is 0. The van der Waals surface area contributed by atoms with Crippen LogP contribution in [-0.4, -0.2) is 26.0 Å². The predicted molar refractivity (Wildman–Crippen MR) is 84.0 cm³/mol. The normalized spacial score (nSPS) is 12.5. The quantitative estimate of drug-likeness (QED) is 0.766. The fourth-order valence-corrected chi connectivity index (χ4v) is 4.73. The van der Waals surface area contributed by atoms with E-state index in [1.54, 1.807) is 6.07 Å². The first-order valence-electron chi connectivity index (χ1n) is 6.93. The van der Waals surface area contributed by atoms with Gasteiger partial charge in [0.1, 0.15) is 4.21 Å². The van der Waals surface area contributed by atoms with E-state index in [1.165, 1.54) is 6.07 Å². The summed E-state index contributed by atoms with van der Waals surface area (Å²) in [6.07, 6.45) is -0.152. The molecular weight excluding hydrogens is 310 g/mol. The lowest BCUT2D eigenvalue weighted by atomic mass is 9.86. The number of sulfonamides is 1. The Labute approximate surface area is 130 Å². The van der Waals surface area contributed by atoms with E-state index >= 15 is 0 Å². The molecule has 0 radical (unpaired) electrons. The zero-order chi connectivity index (χ0) is 16.2. The minimum atomic E-state index is -3.56. The molecule has 0 saturated carbocycles. The number of hydrogen-bond acceptors (Lipinski definition) is 4. The SMILES string of the molecule is CC(C)C(CNS(=O)(=O)c1ccc(CC(=O)O)s1)C(C)C. The van der Waals surface area contributed by atoms with Gasteiger partial charge in [0.15, 0.2) is 0 Å². The van der Waals surface area contributed by atoms with E-state index in [2.05, 4.69) is 32.4 Å². The summed E-state index contributed by atoms with van der Waals surface area (Å²) in [7, 11) is -3.56. The Balaban J connectivity index is 2.77. The van der Waals surface area contributed by atoms with E-state index in [0.29, 0.717) is 23.3 Å². The molecule has 1 heterocycles. The highest BCUT2D eigenvalue weighted by atomic mass is 32.2. The molecule has 0 aliphatic heterocycles. The van der Waals surface area contributed by atoms with Crippen LogP contribution in [0.4, 0.5) is 0 Å². The summed E-state index contributed by atoms with van der Waals surface area (Å²) in [5, 5.41) is 8.72. The van der Waals surface area contributed by atoms with Crippen LogP contribution in [0.1, 0.15) is 32.6 Å². The van der Waals surface area contributed by atoms with Crippen LogP contribution < -0.4 is 4.72 Å². The number of thiophene rings is 1. The molecule has 1 aromatic heterocycles. The van der Waals surface area contributed by atoms with Crippen LogP contribution in [0.3, 0.4) is 0 Å². The molecule has 0 saturated heterocycles. The van der Waals surface area contributed by atoms with Crippen molar-refractivity contribution in [1.29, 1.82) is 0 Å². The van der Waals surface area contributed by atoms with Crippen LogP contribution >= 0.6 is 11.3 Å². The van der Waals surface area contributed by atoms with Crippen molar-refractivity contribution < 1.29 is 18.3 Å². The van der Waals surface area contributed by atoms with Crippen molar-refractivity contribution in [2.45, 2.75) is 38.3 Å². The third-order valence-electron chi connectivity index (χ3n) is 3.45. The van der Waals surface area contributed by atoms with Gasteiger partial charge in [-0.2, -0.15) is 0 Å². The Morgan fingerprint density at radius 3 is 2.29 bits per heavy atom. The fourth-order valence-electron chi connectivity index (χ4n) is 2.26. The summed E-state index contributed by atoms with van der Waals surface area (Å²) in [6, 6.07) is 3.01. The summed E-state index contributed by atoms with van der Waals surface area (Å²) in [6.45, 7) is 8.71. The van der Waals surface area contributed by atoms with E-state index in [1.807, 2.05) is 0 Å². The van der Waals surface area contributed by atoms with Gasteiger partial charge in [0.05, 0.1) is 6.42 Å². The summed E-state index contributed by atoms with van der Waals surface area (Å²) >= 11 is 1.01. The van der Waals surface area contributed by atoms with Crippen LogP contribution in [0, 0.1) is 17.8 Å². The average Bonchev–Trinajstić information content (AvgIpc) is 2.76. The van der Waals surface area contributed by atoms with E-state index in [9.17, 15) is 13.2 Å². The first-order valence-corrected chi connectivity index (χ1v) is 9.23. The van der Waals surface area contributed by atoms with Crippen molar-refractivity contribution in [2.75, 3.05) is 6.54 Å². The van der Waals surface area contributed by atoms with Crippen molar-refractivity contribution in [3.05, 3.63) is 17.0 Å². The molecule has 2 N–H and O–H groups in total. The van der Waals surface area contributed by atoms with Crippen molar-refractivity contribution in [2.24, 2.45) is 17.8 Å². The lowest BCUT2D eigenvalue weighted by Crippen LogP contribution is -2.33. The summed E-state index contributed by atoms with van der Waals surface area (Å²) < 4.78 is 27.3. The molecule has 0 aliphatic rings. The van der Waals surface area contributed by atoms with Crippen molar-refractivity contribution in [3.8, 4) is 0 Å². The van der Waals surface area contributed by atoms with Crippen molar-refractivity contribution in [3.63, 3.8) is 0 Å². The molecule has 0 unspecified atom stereocenters. The molecule has 120 valence electrons. The third kappa shape index (κ3) is 5.41. The van der Waals surface area contributed by atoms with Crippen LogP contribution in [-0.2, 0) is 21.2 Å². The number of aliphatic carboxylic acids is 1. The molecule has 0 aliphatic carbocycles. The number of nitrogens with one attached hydrogen (secondary N) is 1. The lowest BCUT2D eigenvalue weighted by molar-refractivity contribution is -0.136. The zero-order valence-electron chi connectivity index (χ0n) is 12.8. The van der Waals surface area contributed by atoms with Crippen molar-refractivity contribution >= 4 is 27.3 Å². The Morgan fingerprint density at radius 1 is 1.24 bits per heavy atom. The van der Waals surface area contributed by atoms with E-state index in [-0.39, 0.29) is 16.5 Å². The maximum absolute atomic E-state index is 12.2. The van der Waals surface area contributed by atoms with Crippen LogP contribution in [0.25, 0.3) is 0 Å². The topological polar surface area (TPSA) is 83.5 Å². The highest BCUT2D eigenvalue weighted by molar-refractivity contribution is 7.91. The molecule has 1 aromatic rings. The molecule has 1 rings (SSSR count). The average molecular weight is 333 g/mol. The van der Waals surface area contributed by atoms with E-state index < -0.39 is 16.0 Å². The highest BCUT2D eigenvalue weighted by Gasteiger charge is 2.22. The summed E-state index contributed by atoms with van der Waals surface area (Å²) in [5.74, 6) is 0.0730. The van der Waals surface area contributed by atoms with Crippen LogP contribution in [0.2, 0.25) is 0 Å². The van der Waals surface area contributed by atoms with Crippen LogP contribution in [0.15, 0.2) is 16.3 Å². The van der Waals surface area contributed by atoms with Gasteiger partial charge in [-0.3, -0.25) is 4.79 Å². The van der Waals surface area contributed by atoms with Gasteiger partial charge >= 0.3 is 5.97 Å². The maximum Gasteiger partial charge on any atom is 0.308 e. The third-order valence-corrected chi connectivity index (χ3v) is 6.45. The fraction of sp³-hybridized carbons (Fsp3) is 0.643. The highest BCUT2D eigenvalue weighted by Crippen LogP contribution is 2.24. The summed E-state index contributed by atoms with van der Waals surface area (Å²) in [4.78, 5) is 11.2. The molecule has 0 aromatic carbocycles. The Hall–Kier alpha value is -0.920. The second-order valence-electron chi connectivity index (χ2n) is 5.80. The first kappa shape index (κ1) is 18.1. The minimum Gasteiger partial charge on any atom is -0.481 e. The van der Waals surface area contributed by atoms with Gasteiger partial charge in [-0.05, 0) is 29.9 Å². The molecule has 0 spiro atoms. The number of carboxylic acids is 1. The molecule has 7 heteroatoms. The molecule has 0 fully saturated rings. The number of carboxylic acid groups (broad SMARTS) is 1. The van der Waals surface area contributed by atoms with Gasteiger partial charge in [0.25, 0.3) is 0 Å². The largest absolute Gasteiger partial charge is 0.481 e. The molecule has 0 bridgehead atoms. The van der Waals surface area contributed by atoms with E-state index in [0.717, 1.165) is 11.3 Å². The van der Waals surface area contributed by atoms with E-state index in [4.69, 9.17) is 5.11 Å². The molecular formula is C14H23NO4S2. The minimum absolute atomic E-state index is 0.152. The number of carbonyl (C=O) groups is 1. The second kappa shape index (κ2) is 7.38. The first-order chi connectivity index (χ1) is 9.63. The zero-order valence-corrected chi connectivity index (χ0v) is 14.4. The van der Waals surface area contributed by atoms with Crippen molar-refractivity contribution in [1.82, 2.24) is 4.72 Å².